The monoisotopic (exact) mass is 313 g/mol. The molecule has 1 amide bonds. The van der Waals surface area contributed by atoms with E-state index in [1.807, 2.05) is 0 Å². The summed E-state index contributed by atoms with van der Waals surface area (Å²) >= 11 is 0. The first-order valence-corrected chi connectivity index (χ1v) is 6.89. The maximum atomic E-state index is 11.1. The Morgan fingerprint density at radius 3 is 2.39 bits per heavy atom. The molecular formula is C16H15N3O4. The van der Waals surface area contributed by atoms with Crippen molar-refractivity contribution in [2.45, 2.75) is 19.3 Å². The van der Waals surface area contributed by atoms with Crippen molar-refractivity contribution in [2.75, 3.05) is 0 Å². The standard InChI is InChI=1S/C16H15N3O4/c17-15(21)12-5-11(7-18-9-12)2-1-10-3-4-13(19-8-10)6-14(20)16(22)23/h3-5,7-9H,1-2,6H2,(H2,17,21)(H,22,23). The Morgan fingerprint density at radius 2 is 1.78 bits per heavy atom. The number of aliphatic carboxylic acids is 1. The van der Waals surface area contributed by atoms with Gasteiger partial charge in [-0.2, -0.15) is 0 Å². The van der Waals surface area contributed by atoms with Crippen LogP contribution in [-0.4, -0.2) is 32.7 Å². The number of nitrogens with zero attached hydrogens (tertiary/aromatic N) is 2. The van der Waals surface area contributed by atoms with E-state index in [0.29, 0.717) is 24.1 Å². The summed E-state index contributed by atoms with van der Waals surface area (Å²) in [6, 6.07) is 5.12. The quantitative estimate of drug-likeness (QED) is 0.720. The summed E-state index contributed by atoms with van der Waals surface area (Å²) in [6.07, 6.45) is 5.80. The molecule has 7 heteroatoms. The average molecular weight is 313 g/mol. The number of carbonyl (C=O) groups excluding carboxylic acids is 2. The topological polar surface area (TPSA) is 123 Å². The Kier molecular flexibility index (Phi) is 5.14. The number of primary amides is 1. The van der Waals surface area contributed by atoms with Gasteiger partial charge in [0.15, 0.2) is 0 Å². The molecule has 0 aliphatic heterocycles. The first kappa shape index (κ1) is 16.3. The van der Waals surface area contributed by atoms with Gasteiger partial charge in [-0.15, -0.1) is 0 Å². The van der Waals surface area contributed by atoms with E-state index in [4.69, 9.17) is 10.8 Å². The first-order chi connectivity index (χ1) is 11.0. The number of Topliss-reactive ketones (excluding diaryl/α,β-unsaturated/α-hetero) is 1. The predicted molar refractivity (Wildman–Crippen MR) is 80.7 cm³/mol. The van der Waals surface area contributed by atoms with Crippen LogP contribution in [0.15, 0.2) is 36.8 Å². The number of nitrogens with two attached hydrogens (primary N) is 1. The van der Waals surface area contributed by atoms with Crippen LogP contribution in [0.1, 0.15) is 27.2 Å². The number of hydrogen-bond donors (Lipinski definition) is 2. The van der Waals surface area contributed by atoms with Crippen LogP contribution < -0.4 is 5.73 Å². The van der Waals surface area contributed by atoms with Crippen molar-refractivity contribution in [3.8, 4) is 0 Å². The van der Waals surface area contributed by atoms with E-state index in [1.54, 1.807) is 30.6 Å². The lowest BCUT2D eigenvalue weighted by molar-refractivity contribution is -0.148. The zero-order valence-electron chi connectivity index (χ0n) is 12.2. The van der Waals surface area contributed by atoms with Crippen LogP contribution >= 0.6 is 0 Å². The minimum Gasteiger partial charge on any atom is -0.475 e. The Hall–Kier alpha value is -3.09. The van der Waals surface area contributed by atoms with Gasteiger partial charge in [0.2, 0.25) is 11.7 Å². The molecule has 23 heavy (non-hydrogen) atoms. The molecule has 3 N–H and O–H groups in total. The van der Waals surface area contributed by atoms with Gasteiger partial charge in [-0.1, -0.05) is 6.07 Å². The lowest BCUT2D eigenvalue weighted by Crippen LogP contribution is -2.15. The minimum atomic E-state index is -1.46. The molecule has 0 aliphatic rings. The fraction of sp³-hybridized carbons (Fsp3) is 0.188. The fourth-order valence-corrected chi connectivity index (χ4v) is 2.00. The number of rotatable bonds is 7. The third kappa shape index (κ3) is 4.70. The lowest BCUT2D eigenvalue weighted by Gasteiger charge is -2.04. The second-order valence-corrected chi connectivity index (χ2v) is 5.01. The molecule has 0 fully saturated rings. The van der Waals surface area contributed by atoms with Crippen molar-refractivity contribution in [1.29, 1.82) is 0 Å². The fourth-order valence-electron chi connectivity index (χ4n) is 2.00. The molecule has 0 atom stereocenters. The highest BCUT2D eigenvalue weighted by atomic mass is 16.4. The highest BCUT2D eigenvalue weighted by Crippen LogP contribution is 2.09. The van der Waals surface area contributed by atoms with Crippen molar-refractivity contribution >= 4 is 17.7 Å². The predicted octanol–water partition coefficient (Wildman–Crippen LogP) is 0.557. The van der Waals surface area contributed by atoms with Gasteiger partial charge in [0.1, 0.15) is 0 Å². The molecule has 0 aliphatic carbocycles. The van der Waals surface area contributed by atoms with Gasteiger partial charge < -0.3 is 10.8 Å². The zero-order chi connectivity index (χ0) is 16.8. The maximum absolute atomic E-state index is 11.1. The molecule has 0 saturated carbocycles. The van der Waals surface area contributed by atoms with Gasteiger partial charge in [-0.05, 0) is 36.1 Å². The summed E-state index contributed by atoms with van der Waals surface area (Å²) in [5.41, 5.74) is 7.80. The molecule has 2 heterocycles. The number of carboxylic acid groups (broad SMARTS) is 1. The van der Waals surface area contributed by atoms with E-state index in [9.17, 15) is 14.4 Å². The van der Waals surface area contributed by atoms with E-state index < -0.39 is 17.7 Å². The van der Waals surface area contributed by atoms with E-state index in [-0.39, 0.29) is 6.42 Å². The summed E-state index contributed by atoms with van der Waals surface area (Å²) in [6.45, 7) is 0. The van der Waals surface area contributed by atoms with Gasteiger partial charge in [0.05, 0.1) is 12.0 Å². The smallest absolute Gasteiger partial charge is 0.372 e. The molecule has 0 radical (unpaired) electrons. The third-order valence-electron chi connectivity index (χ3n) is 3.25. The molecule has 0 bridgehead atoms. The maximum Gasteiger partial charge on any atom is 0.372 e. The SMILES string of the molecule is NC(=O)c1cncc(CCc2ccc(CC(=O)C(=O)O)nc2)c1. The summed E-state index contributed by atoms with van der Waals surface area (Å²) in [7, 11) is 0. The summed E-state index contributed by atoms with van der Waals surface area (Å²) in [5.74, 6) is -2.87. The van der Waals surface area contributed by atoms with Crippen molar-refractivity contribution in [3.05, 3.63) is 59.2 Å². The number of aryl methyl sites for hydroxylation is 2. The number of carbonyl (C=O) groups is 3. The zero-order valence-corrected chi connectivity index (χ0v) is 12.2. The molecule has 0 aromatic carbocycles. The van der Waals surface area contributed by atoms with Crippen molar-refractivity contribution < 1.29 is 19.5 Å². The largest absolute Gasteiger partial charge is 0.475 e. The highest BCUT2D eigenvalue weighted by molar-refractivity contribution is 6.33. The van der Waals surface area contributed by atoms with Gasteiger partial charge in [-0.25, -0.2) is 4.79 Å². The lowest BCUT2D eigenvalue weighted by atomic mass is 10.1. The summed E-state index contributed by atoms with van der Waals surface area (Å²) < 4.78 is 0. The van der Waals surface area contributed by atoms with Crippen LogP contribution in [0.5, 0.6) is 0 Å². The summed E-state index contributed by atoms with van der Waals surface area (Å²) in [5, 5.41) is 8.55. The Morgan fingerprint density at radius 1 is 1.04 bits per heavy atom. The molecule has 0 unspecified atom stereocenters. The second-order valence-electron chi connectivity index (χ2n) is 5.01. The number of carboxylic acids is 1. The molecule has 2 aromatic heterocycles. The van der Waals surface area contributed by atoms with E-state index in [2.05, 4.69) is 9.97 Å². The molecule has 2 rings (SSSR count). The average Bonchev–Trinajstić information content (AvgIpc) is 2.54. The first-order valence-electron chi connectivity index (χ1n) is 6.89. The Bertz CT molecular complexity index is 741. The van der Waals surface area contributed by atoms with Crippen molar-refractivity contribution in [2.24, 2.45) is 5.73 Å². The van der Waals surface area contributed by atoms with Crippen LogP contribution in [0, 0.1) is 0 Å². The molecule has 0 spiro atoms. The number of aromatic nitrogens is 2. The third-order valence-corrected chi connectivity index (χ3v) is 3.25. The van der Waals surface area contributed by atoms with Gasteiger partial charge in [0.25, 0.3) is 0 Å². The van der Waals surface area contributed by atoms with Gasteiger partial charge >= 0.3 is 5.97 Å². The van der Waals surface area contributed by atoms with Gasteiger partial charge in [-0.3, -0.25) is 19.6 Å². The normalized spacial score (nSPS) is 10.3. The van der Waals surface area contributed by atoms with E-state index >= 15 is 0 Å². The van der Waals surface area contributed by atoms with E-state index in [1.165, 1.54) is 6.20 Å². The minimum absolute atomic E-state index is 0.222. The molecule has 0 saturated heterocycles. The van der Waals surface area contributed by atoms with Crippen LogP contribution in [0.3, 0.4) is 0 Å². The van der Waals surface area contributed by atoms with Crippen molar-refractivity contribution in [1.82, 2.24) is 9.97 Å². The van der Waals surface area contributed by atoms with E-state index in [0.717, 1.165) is 11.1 Å². The number of hydrogen-bond acceptors (Lipinski definition) is 5. The highest BCUT2D eigenvalue weighted by Gasteiger charge is 2.12. The van der Waals surface area contributed by atoms with Crippen LogP contribution in [0.2, 0.25) is 0 Å². The van der Waals surface area contributed by atoms with Gasteiger partial charge in [0, 0.05) is 24.3 Å². The van der Waals surface area contributed by atoms with Crippen LogP contribution in [0.4, 0.5) is 0 Å². The molecule has 118 valence electrons. The Labute approximate surface area is 132 Å². The number of ketones is 1. The molecular weight excluding hydrogens is 298 g/mol. The molecule has 2 aromatic rings. The second kappa shape index (κ2) is 7.26. The van der Waals surface area contributed by atoms with Crippen LogP contribution in [0.25, 0.3) is 0 Å². The number of amides is 1. The van der Waals surface area contributed by atoms with Crippen molar-refractivity contribution in [3.63, 3.8) is 0 Å². The van der Waals surface area contributed by atoms with Crippen LogP contribution in [-0.2, 0) is 28.9 Å². The summed E-state index contributed by atoms with van der Waals surface area (Å²) in [4.78, 5) is 40.8. The Balaban J connectivity index is 1.96. The number of pyridine rings is 2. The molecule has 7 nitrogen and oxygen atoms in total.